The summed E-state index contributed by atoms with van der Waals surface area (Å²) in [4.78, 5) is 14.9. The monoisotopic (exact) mass is 396 g/mol. The Balaban J connectivity index is 1.59. The van der Waals surface area contributed by atoms with Crippen molar-refractivity contribution in [3.05, 3.63) is 70.2 Å². The highest BCUT2D eigenvalue weighted by atomic mass is 32.1. The molecule has 1 saturated carbocycles. The van der Waals surface area contributed by atoms with Crippen molar-refractivity contribution in [2.75, 3.05) is 0 Å². The molecule has 5 nitrogen and oxygen atoms in total. The molecule has 0 unspecified atom stereocenters. The molecule has 1 aliphatic carbocycles. The van der Waals surface area contributed by atoms with E-state index in [0.29, 0.717) is 17.1 Å². The van der Waals surface area contributed by atoms with Gasteiger partial charge in [-0.15, -0.1) is 0 Å². The largest absolute Gasteiger partial charge is 0.334 e. The molecule has 1 amide bonds. The summed E-state index contributed by atoms with van der Waals surface area (Å²) in [6.45, 7) is 2.50. The quantitative estimate of drug-likeness (QED) is 0.634. The van der Waals surface area contributed by atoms with Crippen molar-refractivity contribution in [3.8, 4) is 11.4 Å². The van der Waals surface area contributed by atoms with Crippen LogP contribution in [0.25, 0.3) is 11.4 Å². The number of amides is 1. The van der Waals surface area contributed by atoms with Crippen molar-refractivity contribution in [1.29, 1.82) is 0 Å². The molecule has 1 heterocycles. The van der Waals surface area contributed by atoms with E-state index in [0.717, 1.165) is 29.5 Å². The lowest BCUT2D eigenvalue weighted by Crippen LogP contribution is -2.35. The number of nitrogens with zero attached hydrogens (tertiary/aromatic N) is 3. The van der Waals surface area contributed by atoms with Crippen LogP contribution >= 0.6 is 12.2 Å². The summed E-state index contributed by atoms with van der Waals surface area (Å²) < 4.78 is 15.7. The Morgan fingerprint density at radius 3 is 2.79 bits per heavy atom. The summed E-state index contributed by atoms with van der Waals surface area (Å²) in [5.41, 5.74) is 2.80. The van der Waals surface area contributed by atoms with Crippen LogP contribution in [0.2, 0.25) is 0 Å². The van der Waals surface area contributed by atoms with E-state index in [1.165, 1.54) is 12.1 Å². The molecule has 1 aromatic heterocycles. The van der Waals surface area contributed by atoms with Crippen molar-refractivity contribution in [2.24, 2.45) is 0 Å². The zero-order valence-corrected chi connectivity index (χ0v) is 16.4. The van der Waals surface area contributed by atoms with Crippen LogP contribution in [0.15, 0.2) is 48.5 Å². The second-order valence-electron chi connectivity index (χ2n) is 7.19. The van der Waals surface area contributed by atoms with Crippen LogP contribution in [-0.2, 0) is 17.9 Å². The predicted molar refractivity (Wildman–Crippen MR) is 108 cm³/mol. The van der Waals surface area contributed by atoms with Gasteiger partial charge in [0.15, 0.2) is 10.6 Å². The number of H-pyrrole nitrogens is 1. The zero-order valence-electron chi connectivity index (χ0n) is 15.6. The van der Waals surface area contributed by atoms with Gasteiger partial charge in [-0.3, -0.25) is 14.5 Å². The zero-order chi connectivity index (χ0) is 19.7. The van der Waals surface area contributed by atoms with Crippen LogP contribution < -0.4 is 0 Å². The van der Waals surface area contributed by atoms with E-state index in [9.17, 15) is 9.18 Å². The van der Waals surface area contributed by atoms with E-state index < -0.39 is 0 Å². The number of hydrogen-bond donors (Lipinski definition) is 1. The third-order valence-electron chi connectivity index (χ3n) is 4.88. The summed E-state index contributed by atoms with van der Waals surface area (Å²) >= 11 is 5.36. The van der Waals surface area contributed by atoms with Gasteiger partial charge in [0.25, 0.3) is 0 Å². The van der Waals surface area contributed by atoms with Gasteiger partial charge in [-0.1, -0.05) is 35.9 Å². The van der Waals surface area contributed by atoms with E-state index in [1.54, 1.807) is 10.6 Å². The summed E-state index contributed by atoms with van der Waals surface area (Å²) in [6, 6.07) is 14.5. The van der Waals surface area contributed by atoms with Gasteiger partial charge < -0.3 is 4.90 Å². The molecule has 0 aliphatic heterocycles. The predicted octanol–water partition coefficient (Wildman–Crippen LogP) is 4.25. The van der Waals surface area contributed by atoms with Crippen LogP contribution in [0.4, 0.5) is 4.39 Å². The maximum atomic E-state index is 13.5. The maximum Gasteiger partial charge on any atom is 0.243 e. The normalized spacial score (nSPS) is 13.5. The first kappa shape index (κ1) is 18.6. The Morgan fingerprint density at radius 2 is 2.07 bits per heavy atom. The van der Waals surface area contributed by atoms with Crippen molar-refractivity contribution in [3.63, 3.8) is 0 Å². The van der Waals surface area contributed by atoms with Crippen molar-refractivity contribution in [1.82, 2.24) is 19.7 Å². The van der Waals surface area contributed by atoms with Gasteiger partial charge in [-0.25, -0.2) is 4.39 Å². The SMILES string of the molecule is Cc1cccc(-c2n[nH]c(=S)n2CC(=O)N(Cc2cccc(F)c2)C2CC2)c1. The van der Waals surface area contributed by atoms with Gasteiger partial charge in [0.1, 0.15) is 12.4 Å². The Morgan fingerprint density at radius 1 is 1.29 bits per heavy atom. The van der Waals surface area contributed by atoms with E-state index in [-0.39, 0.29) is 24.3 Å². The van der Waals surface area contributed by atoms with Crippen molar-refractivity contribution in [2.45, 2.75) is 38.9 Å². The second-order valence-corrected chi connectivity index (χ2v) is 7.58. The number of aryl methyl sites for hydroxylation is 1. The molecule has 0 spiro atoms. The fourth-order valence-electron chi connectivity index (χ4n) is 3.33. The van der Waals surface area contributed by atoms with E-state index in [1.807, 2.05) is 42.2 Å². The molecular weight excluding hydrogens is 375 g/mol. The summed E-state index contributed by atoms with van der Waals surface area (Å²) in [5, 5.41) is 7.12. The molecule has 1 N–H and O–H groups in total. The number of rotatable bonds is 6. The number of carbonyl (C=O) groups is 1. The number of halogens is 1. The van der Waals surface area contributed by atoms with Gasteiger partial charge in [0.05, 0.1) is 0 Å². The average Bonchev–Trinajstić information content (AvgIpc) is 3.44. The first-order valence-corrected chi connectivity index (χ1v) is 9.68. The molecule has 144 valence electrons. The third kappa shape index (κ3) is 4.04. The first-order chi connectivity index (χ1) is 13.5. The number of benzene rings is 2. The van der Waals surface area contributed by atoms with Crippen LogP contribution in [0.3, 0.4) is 0 Å². The first-order valence-electron chi connectivity index (χ1n) is 9.27. The highest BCUT2D eigenvalue weighted by molar-refractivity contribution is 7.71. The molecule has 0 atom stereocenters. The highest BCUT2D eigenvalue weighted by Gasteiger charge is 2.33. The number of hydrogen-bond acceptors (Lipinski definition) is 3. The van der Waals surface area contributed by atoms with E-state index in [4.69, 9.17) is 12.2 Å². The number of nitrogens with one attached hydrogen (secondary N) is 1. The summed E-state index contributed by atoms with van der Waals surface area (Å²) in [5.74, 6) is 0.307. The molecule has 0 bridgehead atoms. The van der Waals surface area contributed by atoms with E-state index in [2.05, 4.69) is 10.2 Å². The molecule has 0 saturated heterocycles. The van der Waals surface area contributed by atoms with Gasteiger partial charge in [0, 0.05) is 18.2 Å². The van der Waals surface area contributed by atoms with Gasteiger partial charge >= 0.3 is 0 Å². The Kier molecular flexibility index (Phi) is 5.09. The molecular formula is C21H21FN4OS. The van der Waals surface area contributed by atoms with Crippen molar-refractivity contribution >= 4 is 18.1 Å². The van der Waals surface area contributed by atoms with Gasteiger partial charge in [-0.05, 0) is 55.7 Å². The number of carbonyl (C=O) groups excluding carboxylic acids is 1. The summed E-state index contributed by atoms with van der Waals surface area (Å²) in [6.07, 6.45) is 1.95. The lowest BCUT2D eigenvalue weighted by molar-refractivity contribution is -0.133. The van der Waals surface area contributed by atoms with Crippen LogP contribution in [0.1, 0.15) is 24.0 Å². The minimum absolute atomic E-state index is 0.0434. The second kappa shape index (κ2) is 7.67. The molecule has 28 heavy (non-hydrogen) atoms. The fraction of sp³-hybridized carbons (Fsp3) is 0.286. The third-order valence-corrected chi connectivity index (χ3v) is 5.19. The molecule has 1 fully saturated rings. The molecule has 0 radical (unpaired) electrons. The van der Waals surface area contributed by atoms with E-state index >= 15 is 0 Å². The van der Waals surface area contributed by atoms with Crippen LogP contribution in [0, 0.1) is 17.5 Å². The lowest BCUT2D eigenvalue weighted by atomic mass is 10.1. The Labute approximate surface area is 167 Å². The van der Waals surface area contributed by atoms with Gasteiger partial charge in [-0.2, -0.15) is 5.10 Å². The minimum Gasteiger partial charge on any atom is -0.334 e. The average molecular weight is 396 g/mol. The smallest absolute Gasteiger partial charge is 0.243 e. The van der Waals surface area contributed by atoms with Gasteiger partial charge in [0.2, 0.25) is 5.91 Å². The molecule has 2 aromatic carbocycles. The fourth-order valence-corrected chi connectivity index (χ4v) is 3.53. The van der Waals surface area contributed by atoms with Crippen LogP contribution in [-0.4, -0.2) is 31.6 Å². The van der Waals surface area contributed by atoms with Crippen LogP contribution in [0.5, 0.6) is 0 Å². The highest BCUT2D eigenvalue weighted by Crippen LogP contribution is 2.29. The summed E-state index contributed by atoms with van der Waals surface area (Å²) in [7, 11) is 0. The maximum absolute atomic E-state index is 13.5. The minimum atomic E-state index is -0.292. The topological polar surface area (TPSA) is 53.9 Å². The Bertz CT molecular complexity index is 1070. The molecule has 4 rings (SSSR count). The molecule has 3 aromatic rings. The Hall–Kier alpha value is -2.80. The number of aromatic amines is 1. The lowest BCUT2D eigenvalue weighted by Gasteiger charge is -2.23. The number of aromatic nitrogens is 3. The molecule has 7 heteroatoms. The standard InChI is InChI=1S/C21H21FN4OS/c1-14-4-2-6-16(10-14)20-23-24-21(28)26(20)13-19(27)25(18-8-9-18)12-15-5-3-7-17(22)11-15/h2-7,10-11,18H,8-9,12-13H2,1H3,(H,24,28). The van der Waals surface area contributed by atoms with Crippen molar-refractivity contribution < 1.29 is 9.18 Å². The molecule has 1 aliphatic rings.